The summed E-state index contributed by atoms with van der Waals surface area (Å²) in [5.74, 6) is 1.08. The first kappa shape index (κ1) is 18.1. The van der Waals surface area contributed by atoms with Gasteiger partial charge in [-0.25, -0.2) is 0 Å². The second kappa shape index (κ2) is 7.37. The van der Waals surface area contributed by atoms with Crippen LogP contribution in [0, 0.1) is 5.92 Å². The van der Waals surface area contributed by atoms with Gasteiger partial charge in [0.1, 0.15) is 5.76 Å². The van der Waals surface area contributed by atoms with Crippen molar-refractivity contribution in [3.8, 4) is 0 Å². The molecule has 4 rings (SSSR count). The Kier molecular flexibility index (Phi) is 4.93. The molecule has 140 valence electrons. The molecule has 1 amide bonds. The Balaban J connectivity index is 1.46. The number of carbonyl (C=O) groups excluding carboxylic acids is 1. The molecule has 2 heterocycles. The van der Waals surface area contributed by atoms with Crippen LogP contribution in [-0.4, -0.2) is 20.8 Å². The molecular formula is C19H18Cl2N4O2. The summed E-state index contributed by atoms with van der Waals surface area (Å²) in [5, 5.41) is 12.1. The fourth-order valence-electron chi connectivity index (χ4n) is 3.29. The predicted octanol–water partition coefficient (Wildman–Crippen LogP) is 4.60. The van der Waals surface area contributed by atoms with E-state index in [9.17, 15) is 4.79 Å². The van der Waals surface area contributed by atoms with Gasteiger partial charge < -0.3 is 9.84 Å². The smallest absolute Gasteiger partial charge is 0.278 e. The molecule has 1 N–H and O–H groups in total. The highest BCUT2D eigenvalue weighted by Crippen LogP contribution is 2.28. The second-order valence-electron chi connectivity index (χ2n) is 6.91. The zero-order chi connectivity index (χ0) is 19.0. The summed E-state index contributed by atoms with van der Waals surface area (Å²) in [4.78, 5) is 12.6. The van der Waals surface area contributed by atoms with Crippen molar-refractivity contribution < 1.29 is 9.32 Å². The van der Waals surface area contributed by atoms with E-state index in [1.165, 1.54) is 0 Å². The van der Waals surface area contributed by atoms with Gasteiger partial charge in [0.05, 0.1) is 28.5 Å². The monoisotopic (exact) mass is 404 g/mol. The maximum absolute atomic E-state index is 12.6. The van der Waals surface area contributed by atoms with Crippen LogP contribution in [0.25, 0.3) is 0 Å². The standard InChI is InChI=1S/C19H18Cl2N4O2/c1-11-2-5-17-14(6-11)18(24-27-17)19(26)23-13-8-22-25(10-13)9-12-3-4-15(20)16(21)7-12/h3-4,7-8,10-11H,2,5-6,9H2,1H3,(H,23,26). The summed E-state index contributed by atoms with van der Waals surface area (Å²) in [6.07, 6.45) is 6.07. The summed E-state index contributed by atoms with van der Waals surface area (Å²) in [7, 11) is 0. The van der Waals surface area contributed by atoms with Crippen molar-refractivity contribution in [1.82, 2.24) is 14.9 Å². The number of aromatic nitrogens is 3. The van der Waals surface area contributed by atoms with Crippen molar-refractivity contribution in [1.29, 1.82) is 0 Å². The van der Waals surface area contributed by atoms with E-state index < -0.39 is 0 Å². The van der Waals surface area contributed by atoms with E-state index in [1.54, 1.807) is 29.2 Å². The Hall–Kier alpha value is -2.31. The number of anilines is 1. The van der Waals surface area contributed by atoms with Gasteiger partial charge in [0.25, 0.3) is 5.91 Å². The molecule has 0 fully saturated rings. The first-order valence-corrected chi connectivity index (χ1v) is 9.50. The number of rotatable bonds is 4. The third-order valence-corrected chi connectivity index (χ3v) is 5.46. The van der Waals surface area contributed by atoms with Gasteiger partial charge >= 0.3 is 0 Å². The molecular weight excluding hydrogens is 387 g/mol. The van der Waals surface area contributed by atoms with Gasteiger partial charge in [0, 0.05) is 18.2 Å². The first-order valence-electron chi connectivity index (χ1n) is 8.74. The number of benzene rings is 1. The van der Waals surface area contributed by atoms with E-state index in [2.05, 4.69) is 22.5 Å². The molecule has 1 aliphatic rings. The third kappa shape index (κ3) is 3.87. The van der Waals surface area contributed by atoms with Crippen molar-refractivity contribution in [2.75, 3.05) is 5.32 Å². The molecule has 0 spiro atoms. The van der Waals surface area contributed by atoms with Gasteiger partial charge in [-0.2, -0.15) is 5.10 Å². The second-order valence-corrected chi connectivity index (χ2v) is 7.72. The zero-order valence-electron chi connectivity index (χ0n) is 14.7. The maximum atomic E-state index is 12.6. The zero-order valence-corrected chi connectivity index (χ0v) is 16.2. The van der Waals surface area contributed by atoms with Gasteiger partial charge in [-0.15, -0.1) is 0 Å². The highest BCUT2D eigenvalue weighted by Gasteiger charge is 2.27. The number of nitrogens with zero attached hydrogens (tertiary/aromatic N) is 3. The largest absolute Gasteiger partial charge is 0.360 e. The SMILES string of the molecule is CC1CCc2onc(C(=O)Nc3cnn(Cc4ccc(Cl)c(Cl)c4)c3)c2C1. The summed E-state index contributed by atoms with van der Waals surface area (Å²) >= 11 is 12.0. The molecule has 0 saturated heterocycles. The number of carbonyl (C=O) groups is 1. The molecule has 3 aromatic rings. The van der Waals surface area contributed by atoms with Crippen LogP contribution in [0.15, 0.2) is 35.1 Å². The third-order valence-electron chi connectivity index (χ3n) is 4.72. The normalized spacial score (nSPS) is 16.2. The summed E-state index contributed by atoms with van der Waals surface area (Å²) in [6, 6.07) is 5.43. The van der Waals surface area contributed by atoms with Crippen LogP contribution < -0.4 is 5.32 Å². The molecule has 0 aliphatic heterocycles. The number of hydrogen-bond acceptors (Lipinski definition) is 4. The van der Waals surface area contributed by atoms with E-state index in [0.29, 0.717) is 33.9 Å². The molecule has 1 unspecified atom stereocenters. The first-order chi connectivity index (χ1) is 13.0. The lowest BCUT2D eigenvalue weighted by molar-refractivity contribution is 0.101. The molecule has 1 aliphatic carbocycles. The molecule has 2 aromatic heterocycles. The minimum absolute atomic E-state index is 0.275. The Morgan fingerprint density at radius 3 is 3.04 bits per heavy atom. The topological polar surface area (TPSA) is 73.0 Å². The van der Waals surface area contributed by atoms with Crippen molar-refractivity contribution in [3.05, 3.63) is 63.2 Å². The van der Waals surface area contributed by atoms with Gasteiger partial charge in [-0.05, 0) is 36.5 Å². The van der Waals surface area contributed by atoms with Gasteiger partial charge in [-0.3, -0.25) is 9.48 Å². The Morgan fingerprint density at radius 2 is 2.22 bits per heavy atom. The Bertz CT molecular complexity index is 996. The molecule has 1 aromatic carbocycles. The lowest BCUT2D eigenvalue weighted by atomic mass is 9.88. The van der Waals surface area contributed by atoms with Crippen LogP contribution in [0.1, 0.15) is 40.7 Å². The molecule has 6 nitrogen and oxygen atoms in total. The summed E-state index contributed by atoms with van der Waals surface area (Å²) in [5.41, 5.74) is 2.86. The fraction of sp³-hybridized carbons (Fsp3) is 0.316. The quantitative estimate of drug-likeness (QED) is 0.689. The number of nitrogens with one attached hydrogen (secondary N) is 1. The molecule has 0 bridgehead atoms. The molecule has 0 radical (unpaired) electrons. The van der Waals surface area contributed by atoms with E-state index in [1.807, 2.05) is 6.07 Å². The van der Waals surface area contributed by atoms with Gasteiger partial charge in [0.15, 0.2) is 5.69 Å². The number of fused-ring (bicyclic) bond motifs is 1. The van der Waals surface area contributed by atoms with Crippen LogP contribution in [0.2, 0.25) is 10.0 Å². The van der Waals surface area contributed by atoms with Crippen molar-refractivity contribution in [2.45, 2.75) is 32.7 Å². The Labute approximate surface area is 166 Å². The van der Waals surface area contributed by atoms with E-state index >= 15 is 0 Å². The summed E-state index contributed by atoms with van der Waals surface area (Å²) < 4.78 is 7.06. The van der Waals surface area contributed by atoms with Crippen LogP contribution >= 0.6 is 23.2 Å². The maximum Gasteiger partial charge on any atom is 0.278 e. The van der Waals surface area contributed by atoms with Crippen molar-refractivity contribution in [3.63, 3.8) is 0 Å². The van der Waals surface area contributed by atoms with Crippen molar-refractivity contribution in [2.24, 2.45) is 5.92 Å². The van der Waals surface area contributed by atoms with Crippen LogP contribution in [0.4, 0.5) is 5.69 Å². The minimum Gasteiger partial charge on any atom is -0.360 e. The van der Waals surface area contributed by atoms with Gasteiger partial charge in [0.2, 0.25) is 0 Å². The molecule has 1 atom stereocenters. The fourth-order valence-corrected chi connectivity index (χ4v) is 3.61. The number of amides is 1. The molecule has 27 heavy (non-hydrogen) atoms. The van der Waals surface area contributed by atoms with Crippen LogP contribution in [0.5, 0.6) is 0 Å². The molecule has 0 saturated carbocycles. The average Bonchev–Trinajstić information content (AvgIpc) is 3.24. The molecule has 8 heteroatoms. The van der Waals surface area contributed by atoms with Crippen LogP contribution in [0.3, 0.4) is 0 Å². The number of hydrogen-bond donors (Lipinski definition) is 1. The average molecular weight is 405 g/mol. The van der Waals surface area contributed by atoms with E-state index in [-0.39, 0.29) is 5.91 Å². The van der Waals surface area contributed by atoms with Gasteiger partial charge in [-0.1, -0.05) is 41.3 Å². The number of halogens is 2. The van der Waals surface area contributed by atoms with E-state index in [4.69, 9.17) is 27.7 Å². The summed E-state index contributed by atoms with van der Waals surface area (Å²) in [6.45, 7) is 2.69. The highest BCUT2D eigenvalue weighted by molar-refractivity contribution is 6.42. The lowest BCUT2D eigenvalue weighted by Crippen LogP contribution is -2.17. The Morgan fingerprint density at radius 1 is 1.37 bits per heavy atom. The number of aryl methyl sites for hydroxylation is 1. The highest BCUT2D eigenvalue weighted by atomic mass is 35.5. The predicted molar refractivity (Wildman–Crippen MR) is 103 cm³/mol. The minimum atomic E-state index is -0.275. The van der Waals surface area contributed by atoms with Crippen molar-refractivity contribution >= 4 is 34.8 Å². The van der Waals surface area contributed by atoms with E-state index in [0.717, 1.165) is 36.1 Å². The lowest BCUT2D eigenvalue weighted by Gasteiger charge is -2.16. The van der Waals surface area contributed by atoms with Crippen LogP contribution in [-0.2, 0) is 19.4 Å².